The number of hydrogen-bond acceptors (Lipinski definition) is 1. The molecule has 0 saturated heterocycles. The molecule has 0 radical (unpaired) electrons. The predicted octanol–water partition coefficient (Wildman–Crippen LogP) is 3.64. The molecule has 1 aliphatic carbocycles. The van der Waals surface area contributed by atoms with Crippen molar-refractivity contribution in [1.82, 2.24) is 5.32 Å². The summed E-state index contributed by atoms with van der Waals surface area (Å²) in [5.74, 6) is -1.99. The summed E-state index contributed by atoms with van der Waals surface area (Å²) < 4.78 is 26.6. The van der Waals surface area contributed by atoms with Crippen LogP contribution in [0.3, 0.4) is 0 Å². The molecule has 0 aromatic heterocycles. The summed E-state index contributed by atoms with van der Waals surface area (Å²) in [7, 11) is 0. The van der Waals surface area contributed by atoms with E-state index in [1.54, 1.807) is 0 Å². The molecule has 0 spiro atoms. The molecule has 114 valence electrons. The molecule has 1 unspecified atom stereocenters. The zero-order chi connectivity index (χ0) is 15.5. The molecule has 1 atom stereocenters. The summed E-state index contributed by atoms with van der Waals surface area (Å²) in [5, 5.41) is 2.87. The lowest BCUT2D eigenvalue weighted by atomic mass is 10.0. The summed E-state index contributed by atoms with van der Waals surface area (Å²) in [4.78, 5) is 12.2. The Morgan fingerprint density at radius 3 is 2.64 bits per heavy atom. The van der Waals surface area contributed by atoms with Crippen molar-refractivity contribution < 1.29 is 13.6 Å². The molecule has 1 N–H and O–H groups in total. The van der Waals surface area contributed by atoms with E-state index in [1.165, 1.54) is 17.2 Å². The normalized spacial score (nSPS) is 17.5. The molecule has 22 heavy (non-hydrogen) atoms. The van der Waals surface area contributed by atoms with Gasteiger partial charge >= 0.3 is 0 Å². The first-order chi connectivity index (χ1) is 10.6. The van der Waals surface area contributed by atoms with E-state index in [9.17, 15) is 13.6 Å². The molecule has 2 aromatic rings. The molecule has 0 bridgehead atoms. The van der Waals surface area contributed by atoms with Gasteiger partial charge in [0.1, 0.15) is 11.6 Å². The third-order valence-electron chi connectivity index (χ3n) is 4.09. The number of carbonyl (C=O) groups is 1. The van der Waals surface area contributed by atoms with Gasteiger partial charge in [-0.15, -0.1) is 0 Å². The zero-order valence-electron chi connectivity index (χ0n) is 12.1. The van der Waals surface area contributed by atoms with Crippen LogP contribution in [0.2, 0.25) is 0 Å². The van der Waals surface area contributed by atoms with Gasteiger partial charge in [0.25, 0.3) is 5.91 Å². The molecule has 0 heterocycles. The fourth-order valence-electron chi connectivity index (χ4n) is 2.97. The van der Waals surface area contributed by atoms with Gasteiger partial charge in [-0.2, -0.15) is 0 Å². The molecule has 4 heteroatoms. The number of aryl methyl sites for hydroxylation is 1. The molecule has 0 aliphatic heterocycles. The van der Waals surface area contributed by atoms with Gasteiger partial charge in [-0.1, -0.05) is 24.3 Å². The lowest BCUT2D eigenvalue weighted by Crippen LogP contribution is -2.36. The van der Waals surface area contributed by atoms with Crippen molar-refractivity contribution in [1.29, 1.82) is 0 Å². The van der Waals surface area contributed by atoms with Crippen LogP contribution in [0.25, 0.3) is 0 Å². The zero-order valence-corrected chi connectivity index (χ0v) is 12.1. The van der Waals surface area contributed by atoms with E-state index in [0.717, 1.165) is 37.8 Å². The number of carbonyl (C=O) groups excluding carboxylic acids is 1. The number of rotatable bonds is 2. The minimum Gasteiger partial charge on any atom is -0.349 e. The van der Waals surface area contributed by atoms with Crippen molar-refractivity contribution >= 4 is 5.91 Å². The van der Waals surface area contributed by atoms with Gasteiger partial charge in [-0.3, -0.25) is 4.79 Å². The highest BCUT2D eigenvalue weighted by Gasteiger charge is 2.20. The van der Waals surface area contributed by atoms with E-state index in [0.29, 0.717) is 0 Å². The number of hydrogen-bond donors (Lipinski definition) is 1. The van der Waals surface area contributed by atoms with Crippen LogP contribution in [-0.2, 0) is 12.8 Å². The Labute approximate surface area is 128 Å². The number of fused-ring (bicyclic) bond motifs is 1. The standard InChI is InChI=1S/C18H17F2NO/c19-14-8-9-16(17(20)11-14)18(22)21-15-7-3-6-12-4-1-2-5-13(12)10-15/h1-2,4-5,8-9,11,15H,3,6-7,10H2,(H,21,22). The summed E-state index contributed by atoms with van der Waals surface area (Å²) in [6.45, 7) is 0. The third-order valence-corrected chi connectivity index (χ3v) is 4.09. The van der Waals surface area contributed by atoms with Crippen LogP contribution < -0.4 is 5.32 Å². The molecular weight excluding hydrogens is 284 g/mol. The minimum atomic E-state index is -0.827. The Hall–Kier alpha value is -2.23. The highest BCUT2D eigenvalue weighted by molar-refractivity contribution is 5.94. The van der Waals surface area contributed by atoms with Crippen LogP contribution in [0.4, 0.5) is 8.78 Å². The SMILES string of the molecule is O=C(NC1CCCc2ccccc2C1)c1ccc(F)cc1F. The summed E-state index contributed by atoms with van der Waals surface area (Å²) in [6.07, 6.45) is 3.56. The van der Waals surface area contributed by atoms with Gasteiger partial charge in [0, 0.05) is 12.1 Å². The highest BCUT2D eigenvalue weighted by Crippen LogP contribution is 2.21. The first-order valence-corrected chi connectivity index (χ1v) is 7.46. The summed E-state index contributed by atoms with van der Waals surface area (Å²) in [5.41, 5.74) is 2.43. The van der Waals surface area contributed by atoms with Gasteiger partial charge in [0.2, 0.25) is 0 Å². The lowest BCUT2D eigenvalue weighted by Gasteiger charge is -2.17. The lowest BCUT2D eigenvalue weighted by molar-refractivity contribution is 0.0931. The van der Waals surface area contributed by atoms with Crippen LogP contribution >= 0.6 is 0 Å². The van der Waals surface area contributed by atoms with E-state index in [1.807, 2.05) is 12.1 Å². The van der Waals surface area contributed by atoms with Crippen LogP contribution in [-0.4, -0.2) is 11.9 Å². The molecule has 3 rings (SSSR count). The number of nitrogens with one attached hydrogen (secondary N) is 1. The van der Waals surface area contributed by atoms with E-state index in [4.69, 9.17) is 0 Å². The number of benzene rings is 2. The molecular formula is C18H17F2NO. The van der Waals surface area contributed by atoms with E-state index in [-0.39, 0.29) is 11.6 Å². The van der Waals surface area contributed by atoms with Crippen molar-refractivity contribution in [3.05, 3.63) is 70.8 Å². The third kappa shape index (κ3) is 3.16. The second-order valence-corrected chi connectivity index (χ2v) is 5.66. The Morgan fingerprint density at radius 1 is 1.09 bits per heavy atom. The van der Waals surface area contributed by atoms with Gasteiger partial charge in [0.15, 0.2) is 0 Å². The first-order valence-electron chi connectivity index (χ1n) is 7.46. The van der Waals surface area contributed by atoms with Gasteiger partial charge < -0.3 is 5.32 Å². The van der Waals surface area contributed by atoms with Crippen molar-refractivity contribution in [2.24, 2.45) is 0 Å². The summed E-state index contributed by atoms with van der Waals surface area (Å²) in [6, 6.07) is 11.2. The van der Waals surface area contributed by atoms with Crippen LogP contribution in [0.15, 0.2) is 42.5 Å². The maximum absolute atomic E-state index is 13.7. The largest absolute Gasteiger partial charge is 0.349 e. The molecule has 0 saturated carbocycles. The summed E-state index contributed by atoms with van der Waals surface area (Å²) >= 11 is 0. The highest BCUT2D eigenvalue weighted by atomic mass is 19.1. The number of halogens is 2. The average molecular weight is 301 g/mol. The predicted molar refractivity (Wildman–Crippen MR) is 80.7 cm³/mol. The maximum atomic E-state index is 13.7. The van der Waals surface area contributed by atoms with Crippen molar-refractivity contribution in [2.45, 2.75) is 31.7 Å². The molecule has 0 fully saturated rings. The minimum absolute atomic E-state index is 0.0272. The Kier molecular flexibility index (Phi) is 4.18. The van der Waals surface area contributed by atoms with E-state index in [2.05, 4.69) is 17.4 Å². The van der Waals surface area contributed by atoms with E-state index < -0.39 is 17.5 Å². The van der Waals surface area contributed by atoms with Crippen molar-refractivity contribution in [2.75, 3.05) is 0 Å². The van der Waals surface area contributed by atoms with Crippen LogP contribution in [0, 0.1) is 11.6 Å². The monoisotopic (exact) mass is 301 g/mol. The van der Waals surface area contributed by atoms with Crippen LogP contribution in [0.5, 0.6) is 0 Å². The second-order valence-electron chi connectivity index (χ2n) is 5.66. The van der Waals surface area contributed by atoms with Crippen LogP contribution in [0.1, 0.15) is 34.3 Å². The van der Waals surface area contributed by atoms with Gasteiger partial charge in [0.05, 0.1) is 5.56 Å². The molecule has 1 aliphatic rings. The molecule has 2 aromatic carbocycles. The number of amides is 1. The van der Waals surface area contributed by atoms with Gasteiger partial charge in [-0.05, 0) is 48.9 Å². The Bertz CT molecular complexity index is 699. The Balaban J connectivity index is 1.74. The van der Waals surface area contributed by atoms with E-state index >= 15 is 0 Å². The Morgan fingerprint density at radius 2 is 1.86 bits per heavy atom. The fraction of sp³-hybridized carbons (Fsp3) is 0.278. The quantitative estimate of drug-likeness (QED) is 0.843. The maximum Gasteiger partial charge on any atom is 0.254 e. The topological polar surface area (TPSA) is 29.1 Å². The smallest absolute Gasteiger partial charge is 0.254 e. The van der Waals surface area contributed by atoms with Crippen molar-refractivity contribution in [3.8, 4) is 0 Å². The second kappa shape index (κ2) is 6.26. The first kappa shape index (κ1) is 14.7. The van der Waals surface area contributed by atoms with Crippen molar-refractivity contribution in [3.63, 3.8) is 0 Å². The molecule has 1 amide bonds. The van der Waals surface area contributed by atoms with Gasteiger partial charge in [-0.25, -0.2) is 8.78 Å². The molecule has 2 nitrogen and oxygen atoms in total. The fourth-order valence-corrected chi connectivity index (χ4v) is 2.97. The average Bonchev–Trinajstić information content (AvgIpc) is 2.68.